The first-order valence-corrected chi connectivity index (χ1v) is 7.04. The Kier molecular flexibility index (Phi) is 7.39. The fourth-order valence-electron chi connectivity index (χ4n) is 1.36. The fraction of sp³-hybridized carbons (Fsp3) is 0.857. The zero-order valence-electron chi connectivity index (χ0n) is 13.7. The summed E-state index contributed by atoms with van der Waals surface area (Å²) >= 11 is 0. The molecule has 0 atom stereocenters. The number of nitrogens with two attached hydrogens (primary N) is 1. The van der Waals surface area contributed by atoms with Crippen molar-refractivity contribution in [3.05, 3.63) is 0 Å². The molecule has 0 unspecified atom stereocenters. The predicted molar refractivity (Wildman–Crippen MR) is 82.8 cm³/mol. The zero-order valence-corrected chi connectivity index (χ0v) is 13.7. The number of hydrogen-bond acceptors (Lipinski definition) is 3. The van der Waals surface area contributed by atoms with Crippen molar-refractivity contribution in [2.24, 2.45) is 10.7 Å². The highest BCUT2D eigenvalue weighted by atomic mass is 16.6. The normalized spacial score (nSPS) is 13.0. The van der Waals surface area contributed by atoms with Crippen molar-refractivity contribution >= 4 is 12.1 Å². The molecule has 0 heterocycles. The molecule has 0 bridgehead atoms. The summed E-state index contributed by atoms with van der Waals surface area (Å²) in [6.45, 7) is 12.8. The van der Waals surface area contributed by atoms with Crippen molar-refractivity contribution < 1.29 is 9.53 Å². The molecule has 118 valence electrons. The second-order valence-electron chi connectivity index (χ2n) is 6.78. The smallest absolute Gasteiger partial charge is 0.407 e. The summed E-state index contributed by atoms with van der Waals surface area (Å²) in [5.74, 6) is 0.456. The highest BCUT2D eigenvalue weighted by Crippen LogP contribution is 2.06. The zero-order chi connectivity index (χ0) is 15.8. The van der Waals surface area contributed by atoms with E-state index in [1.165, 1.54) is 0 Å². The van der Waals surface area contributed by atoms with Crippen LogP contribution in [0.4, 0.5) is 4.79 Å². The Hall–Kier alpha value is -1.46. The number of nitrogens with zero attached hydrogens (tertiary/aromatic N) is 1. The molecule has 4 N–H and O–H groups in total. The van der Waals surface area contributed by atoms with E-state index in [1.807, 2.05) is 41.5 Å². The molecule has 1 amide bonds. The van der Waals surface area contributed by atoms with Crippen LogP contribution in [0, 0.1) is 0 Å². The SMILES string of the molecule is CC(C)(C)NC(N)=NCCCCNC(=O)OC(C)(C)C. The number of rotatable bonds is 5. The van der Waals surface area contributed by atoms with Gasteiger partial charge in [0.25, 0.3) is 0 Å². The third kappa shape index (κ3) is 13.0. The molecule has 0 aromatic rings. The van der Waals surface area contributed by atoms with E-state index in [4.69, 9.17) is 10.5 Å². The second kappa shape index (κ2) is 7.97. The van der Waals surface area contributed by atoms with Crippen LogP contribution >= 0.6 is 0 Å². The lowest BCUT2D eigenvalue weighted by molar-refractivity contribution is 0.0527. The molecular weight excluding hydrogens is 256 g/mol. The highest BCUT2D eigenvalue weighted by molar-refractivity contribution is 5.78. The first kappa shape index (κ1) is 18.5. The molecule has 0 aromatic carbocycles. The van der Waals surface area contributed by atoms with Gasteiger partial charge in [-0.15, -0.1) is 0 Å². The third-order valence-electron chi connectivity index (χ3n) is 2.04. The molecule has 0 radical (unpaired) electrons. The van der Waals surface area contributed by atoms with E-state index >= 15 is 0 Å². The molecule has 0 aliphatic carbocycles. The number of nitrogens with one attached hydrogen (secondary N) is 2. The average molecular weight is 286 g/mol. The molecular formula is C14H30N4O2. The van der Waals surface area contributed by atoms with Crippen LogP contribution in [0.15, 0.2) is 4.99 Å². The molecule has 0 rings (SSSR count). The molecule has 0 saturated carbocycles. The second-order valence-corrected chi connectivity index (χ2v) is 6.78. The summed E-state index contributed by atoms with van der Waals surface area (Å²) in [5, 5.41) is 5.80. The Morgan fingerprint density at radius 2 is 1.75 bits per heavy atom. The monoisotopic (exact) mass is 286 g/mol. The maximum atomic E-state index is 11.4. The minimum absolute atomic E-state index is 0.0775. The van der Waals surface area contributed by atoms with Crippen LogP contribution in [0.25, 0.3) is 0 Å². The molecule has 0 aliphatic rings. The number of carbonyl (C=O) groups is 1. The lowest BCUT2D eigenvalue weighted by Crippen LogP contribution is -2.45. The van der Waals surface area contributed by atoms with Gasteiger partial charge in [-0.2, -0.15) is 0 Å². The maximum absolute atomic E-state index is 11.4. The topological polar surface area (TPSA) is 88.7 Å². The molecule has 20 heavy (non-hydrogen) atoms. The Labute approximate surface area is 122 Å². The van der Waals surface area contributed by atoms with Gasteiger partial charge in [0, 0.05) is 18.6 Å². The van der Waals surface area contributed by atoms with Gasteiger partial charge >= 0.3 is 6.09 Å². The number of ether oxygens (including phenoxy) is 1. The Morgan fingerprint density at radius 1 is 1.15 bits per heavy atom. The van der Waals surface area contributed by atoms with Crippen LogP contribution < -0.4 is 16.4 Å². The van der Waals surface area contributed by atoms with Gasteiger partial charge in [0.1, 0.15) is 5.60 Å². The Balaban J connectivity index is 3.68. The van der Waals surface area contributed by atoms with E-state index in [0.29, 0.717) is 19.0 Å². The number of hydrogen-bond donors (Lipinski definition) is 3. The largest absolute Gasteiger partial charge is 0.444 e. The van der Waals surface area contributed by atoms with Crippen LogP contribution in [0.2, 0.25) is 0 Å². The van der Waals surface area contributed by atoms with Crippen LogP contribution in [-0.2, 0) is 4.74 Å². The van der Waals surface area contributed by atoms with Crippen LogP contribution in [0.3, 0.4) is 0 Å². The number of amides is 1. The van der Waals surface area contributed by atoms with E-state index in [9.17, 15) is 4.79 Å². The van der Waals surface area contributed by atoms with Crippen molar-refractivity contribution in [1.82, 2.24) is 10.6 Å². The maximum Gasteiger partial charge on any atom is 0.407 e. The van der Waals surface area contributed by atoms with Crippen molar-refractivity contribution in [2.75, 3.05) is 13.1 Å². The number of guanidine groups is 1. The molecule has 0 fully saturated rings. The van der Waals surface area contributed by atoms with Crippen LogP contribution in [0.1, 0.15) is 54.4 Å². The van der Waals surface area contributed by atoms with Gasteiger partial charge in [-0.05, 0) is 54.4 Å². The van der Waals surface area contributed by atoms with Gasteiger partial charge in [-0.3, -0.25) is 4.99 Å². The van der Waals surface area contributed by atoms with Crippen molar-refractivity contribution in [1.29, 1.82) is 0 Å². The minimum atomic E-state index is -0.457. The van der Waals surface area contributed by atoms with Gasteiger partial charge in [0.15, 0.2) is 5.96 Å². The van der Waals surface area contributed by atoms with Gasteiger partial charge < -0.3 is 21.1 Å². The highest BCUT2D eigenvalue weighted by Gasteiger charge is 2.15. The standard InChI is InChI=1S/C14H30N4O2/c1-13(2,3)18-11(15)16-9-7-8-10-17-12(19)20-14(4,5)6/h7-10H2,1-6H3,(H,17,19)(H3,15,16,18). The van der Waals surface area contributed by atoms with Crippen molar-refractivity contribution in [2.45, 2.75) is 65.5 Å². The lowest BCUT2D eigenvalue weighted by atomic mass is 10.1. The molecule has 0 saturated heterocycles. The summed E-state index contributed by atoms with van der Waals surface area (Å²) in [6, 6.07) is 0. The van der Waals surface area contributed by atoms with Gasteiger partial charge in [-0.1, -0.05) is 0 Å². The van der Waals surface area contributed by atoms with E-state index in [-0.39, 0.29) is 11.6 Å². The Bertz CT molecular complexity index is 327. The van der Waals surface area contributed by atoms with Crippen LogP contribution in [0.5, 0.6) is 0 Å². The Morgan fingerprint density at radius 3 is 2.25 bits per heavy atom. The third-order valence-corrected chi connectivity index (χ3v) is 2.04. The molecule has 6 heteroatoms. The number of carbonyl (C=O) groups excluding carboxylic acids is 1. The molecule has 0 aromatic heterocycles. The average Bonchev–Trinajstić information content (AvgIpc) is 2.17. The first-order chi connectivity index (χ1) is 8.99. The van der Waals surface area contributed by atoms with E-state index in [0.717, 1.165) is 12.8 Å². The summed E-state index contributed by atoms with van der Waals surface area (Å²) in [6.07, 6.45) is 1.32. The summed E-state index contributed by atoms with van der Waals surface area (Å²) in [5.41, 5.74) is 5.21. The van der Waals surface area contributed by atoms with E-state index < -0.39 is 5.60 Å². The number of unbranched alkanes of at least 4 members (excludes halogenated alkanes) is 1. The van der Waals surface area contributed by atoms with Crippen molar-refractivity contribution in [3.8, 4) is 0 Å². The lowest BCUT2D eigenvalue weighted by Gasteiger charge is -2.21. The molecule has 0 spiro atoms. The fourth-order valence-corrected chi connectivity index (χ4v) is 1.36. The quantitative estimate of drug-likeness (QED) is 0.410. The minimum Gasteiger partial charge on any atom is -0.444 e. The van der Waals surface area contributed by atoms with Crippen molar-refractivity contribution in [3.63, 3.8) is 0 Å². The summed E-state index contributed by atoms with van der Waals surface area (Å²) in [4.78, 5) is 15.6. The van der Waals surface area contributed by atoms with Gasteiger partial charge in [0.2, 0.25) is 0 Å². The van der Waals surface area contributed by atoms with E-state index in [2.05, 4.69) is 15.6 Å². The van der Waals surface area contributed by atoms with E-state index in [1.54, 1.807) is 0 Å². The molecule has 0 aliphatic heterocycles. The summed E-state index contributed by atoms with van der Waals surface area (Å²) < 4.78 is 5.13. The number of alkyl carbamates (subject to hydrolysis) is 1. The predicted octanol–water partition coefficient (Wildman–Crippen LogP) is 1.99. The van der Waals surface area contributed by atoms with Gasteiger partial charge in [-0.25, -0.2) is 4.79 Å². The molecule has 6 nitrogen and oxygen atoms in total. The van der Waals surface area contributed by atoms with Crippen LogP contribution in [-0.4, -0.2) is 36.3 Å². The number of aliphatic imine (C=N–C) groups is 1. The van der Waals surface area contributed by atoms with Gasteiger partial charge in [0.05, 0.1) is 0 Å². The summed E-state index contributed by atoms with van der Waals surface area (Å²) in [7, 11) is 0. The first-order valence-electron chi connectivity index (χ1n) is 7.04.